The molecule has 7 nitrogen and oxygen atoms in total. The Hall–Kier alpha value is -1.79. The molecule has 0 saturated carbocycles. The number of nitrogens with two attached hydrogens (primary N) is 1. The van der Waals surface area contributed by atoms with Crippen LogP contribution in [0.15, 0.2) is 0 Å². The molecule has 3 amide bonds. The third-order valence-electron chi connectivity index (χ3n) is 3.07. The summed E-state index contributed by atoms with van der Waals surface area (Å²) in [5.41, 5.74) is 5.15. The molecule has 0 heterocycles. The summed E-state index contributed by atoms with van der Waals surface area (Å²) in [5.74, 6) is -1.68. The van der Waals surface area contributed by atoms with E-state index in [2.05, 4.69) is 0 Å². The second kappa shape index (κ2) is 9.17. The Morgan fingerprint density at radius 3 is 2.20 bits per heavy atom. The first-order chi connectivity index (χ1) is 9.33. The van der Waals surface area contributed by atoms with Gasteiger partial charge in [0.05, 0.1) is 0 Å². The Labute approximate surface area is 119 Å². The van der Waals surface area contributed by atoms with E-state index in [1.807, 2.05) is 13.8 Å². The molecular weight excluding hydrogens is 262 g/mol. The van der Waals surface area contributed by atoms with Crippen molar-refractivity contribution in [2.75, 3.05) is 19.6 Å². The highest BCUT2D eigenvalue weighted by Crippen LogP contribution is 2.09. The van der Waals surface area contributed by atoms with Crippen LogP contribution in [0.5, 0.6) is 0 Å². The minimum Gasteiger partial charge on any atom is -0.480 e. The predicted octanol–water partition coefficient (Wildman–Crippen LogP) is 0.879. The predicted molar refractivity (Wildman–Crippen MR) is 75.2 cm³/mol. The third-order valence-corrected chi connectivity index (χ3v) is 3.07. The lowest BCUT2D eigenvalue weighted by Crippen LogP contribution is -2.51. The number of primary amides is 1. The molecule has 0 radical (unpaired) electrons. The number of carbonyl (C=O) groups is 3. The van der Waals surface area contributed by atoms with E-state index in [9.17, 15) is 14.4 Å². The molecule has 0 aromatic carbocycles. The Morgan fingerprint density at radius 2 is 1.80 bits per heavy atom. The van der Waals surface area contributed by atoms with Crippen LogP contribution < -0.4 is 5.73 Å². The highest BCUT2D eigenvalue weighted by atomic mass is 16.4. The number of aliphatic carboxylic acids is 1. The normalized spacial score (nSPS) is 11.8. The second-order valence-electron chi connectivity index (χ2n) is 4.80. The number of nitrogens with zero attached hydrogens (tertiary/aromatic N) is 2. The molecule has 3 N–H and O–H groups in total. The number of amides is 3. The van der Waals surface area contributed by atoms with Crippen molar-refractivity contribution in [3.8, 4) is 0 Å². The fourth-order valence-electron chi connectivity index (χ4n) is 1.74. The van der Waals surface area contributed by atoms with Crippen molar-refractivity contribution in [1.82, 2.24) is 9.80 Å². The zero-order valence-corrected chi connectivity index (χ0v) is 12.5. The molecule has 20 heavy (non-hydrogen) atoms. The van der Waals surface area contributed by atoms with E-state index in [1.165, 1.54) is 9.80 Å². The van der Waals surface area contributed by atoms with Crippen molar-refractivity contribution in [1.29, 1.82) is 0 Å². The molecule has 0 spiro atoms. The molecule has 0 aliphatic heterocycles. The van der Waals surface area contributed by atoms with Crippen molar-refractivity contribution in [2.45, 2.75) is 46.1 Å². The average molecular weight is 287 g/mol. The van der Waals surface area contributed by atoms with Gasteiger partial charge in [0.1, 0.15) is 13.1 Å². The molecule has 0 bridgehead atoms. The first kappa shape index (κ1) is 18.2. The van der Waals surface area contributed by atoms with Gasteiger partial charge in [-0.15, -0.1) is 0 Å². The van der Waals surface area contributed by atoms with Crippen molar-refractivity contribution in [2.24, 2.45) is 5.73 Å². The van der Waals surface area contributed by atoms with Crippen LogP contribution in [-0.4, -0.2) is 58.5 Å². The van der Waals surface area contributed by atoms with Crippen LogP contribution in [0.2, 0.25) is 0 Å². The summed E-state index contributed by atoms with van der Waals surface area (Å²) in [6.45, 7) is 5.45. The molecular formula is C13H25N3O4. The number of carboxylic acids is 1. The standard InChI is InChI=1S/C13H25N3O4/c1-4-6-7-15(8-11(14)17)13(20)16(9-12(18)19)10(3)5-2/h10H,4-9H2,1-3H3,(H2,14,17)(H,18,19). The summed E-state index contributed by atoms with van der Waals surface area (Å²) in [5, 5.41) is 8.91. The lowest BCUT2D eigenvalue weighted by atomic mass is 10.2. The minimum absolute atomic E-state index is 0.189. The number of carboxylic acid groups (broad SMARTS) is 1. The lowest BCUT2D eigenvalue weighted by Gasteiger charge is -2.32. The topological polar surface area (TPSA) is 104 Å². The van der Waals surface area contributed by atoms with E-state index < -0.39 is 17.9 Å². The summed E-state index contributed by atoms with van der Waals surface area (Å²) < 4.78 is 0. The van der Waals surface area contributed by atoms with Gasteiger partial charge in [0.15, 0.2) is 0 Å². The Morgan fingerprint density at radius 1 is 1.20 bits per heavy atom. The Kier molecular flexibility index (Phi) is 8.35. The lowest BCUT2D eigenvalue weighted by molar-refractivity contribution is -0.138. The van der Waals surface area contributed by atoms with E-state index in [0.717, 1.165) is 12.8 Å². The molecule has 0 rings (SSSR count). The SMILES string of the molecule is CCCCN(CC(N)=O)C(=O)N(CC(=O)O)C(C)CC. The van der Waals surface area contributed by atoms with Gasteiger partial charge in [-0.05, 0) is 19.8 Å². The summed E-state index contributed by atoms with van der Waals surface area (Å²) >= 11 is 0. The summed E-state index contributed by atoms with van der Waals surface area (Å²) in [6.07, 6.45) is 2.24. The van der Waals surface area contributed by atoms with E-state index >= 15 is 0 Å². The molecule has 0 aromatic rings. The van der Waals surface area contributed by atoms with E-state index in [0.29, 0.717) is 13.0 Å². The molecule has 7 heteroatoms. The van der Waals surface area contributed by atoms with Gasteiger partial charge in [0.25, 0.3) is 0 Å². The zero-order chi connectivity index (χ0) is 15.7. The molecule has 0 fully saturated rings. The van der Waals surface area contributed by atoms with Crippen LogP contribution in [0.1, 0.15) is 40.0 Å². The largest absolute Gasteiger partial charge is 0.480 e. The van der Waals surface area contributed by atoms with Crippen LogP contribution in [0, 0.1) is 0 Å². The van der Waals surface area contributed by atoms with Gasteiger partial charge in [-0.2, -0.15) is 0 Å². The number of rotatable bonds is 9. The van der Waals surface area contributed by atoms with E-state index in [1.54, 1.807) is 6.92 Å². The zero-order valence-electron chi connectivity index (χ0n) is 12.5. The molecule has 0 saturated heterocycles. The average Bonchev–Trinajstić information content (AvgIpc) is 2.38. The number of hydrogen-bond donors (Lipinski definition) is 2. The summed E-state index contributed by atoms with van der Waals surface area (Å²) in [6, 6.07) is -0.662. The maximum atomic E-state index is 12.4. The Bertz CT molecular complexity index is 347. The van der Waals surface area contributed by atoms with Crippen LogP contribution in [0.3, 0.4) is 0 Å². The minimum atomic E-state index is -1.08. The van der Waals surface area contributed by atoms with Gasteiger partial charge in [-0.1, -0.05) is 20.3 Å². The van der Waals surface area contributed by atoms with Crippen LogP contribution in [-0.2, 0) is 9.59 Å². The fourth-order valence-corrected chi connectivity index (χ4v) is 1.74. The van der Waals surface area contributed by atoms with E-state index in [-0.39, 0.29) is 19.1 Å². The molecule has 0 aromatic heterocycles. The van der Waals surface area contributed by atoms with Gasteiger partial charge < -0.3 is 20.6 Å². The van der Waals surface area contributed by atoms with Crippen LogP contribution >= 0.6 is 0 Å². The van der Waals surface area contributed by atoms with Crippen molar-refractivity contribution in [3.05, 3.63) is 0 Å². The monoisotopic (exact) mass is 287 g/mol. The van der Waals surface area contributed by atoms with Crippen LogP contribution in [0.25, 0.3) is 0 Å². The fraction of sp³-hybridized carbons (Fsp3) is 0.769. The van der Waals surface area contributed by atoms with Crippen molar-refractivity contribution >= 4 is 17.9 Å². The molecule has 1 atom stereocenters. The highest BCUT2D eigenvalue weighted by molar-refractivity contribution is 5.85. The molecule has 0 aliphatic carbocycles. The first-order valence-corrected chi connectivity index (χ1v) is 6.89. The summed E-state index contributed by atoms with van der Waals surface area (Å²) in [4.78, 5) is 36.9. The highest BCUT2D eigenvalue weighted by Gasteiger charge is 2.26. The van der Waals surface area contributed by atoms with Gasteiger partial charge >= 0.3 is 12.0 Å². The van der Waals surface area contributed by atoms with Gasteiger partial charge in [0.2, 0.25) is 5.91 Å². The molecule has 0 aliphatic rings. The second-order valence-corrected chi connectivity index (χ2v) is 4.80. The quantitative estimate of drug-likeness (QED) is 0.656. The van der Waals surface area contributed by atoms with Crippen molar-refractivity contribution < 1.29 is 19.5 Å². The number of unbranched alkanes of at least 4 members (excludes halogenated alkanes) is 1. The van der Waals surface area contributed by atoms with Gasteiger partial charge in [-0.25, -0.2) is 4.79 Å². The van der Waals surface area contributed by atoms with Crippen LogP contribution in [0.4, 0.5) is 4.79 Å². The first-order valence-electron chi connectivity index (χ1n) is 6.89. The maximum Gasteiger partial charge on any atom is 0.323 e. The number of urea groups is 1. The van der Waals surface area contributed by atoms with Crippen molar-refractivity contribution in [3.63, 3.8) is 0 Å². The number of carbonyl (C=O) groups excluding carboxylic acids is 2. The molecule has 1 unspecified atom stereocenters. The smallest absolute Gasteiger partial charge is 0.323 e. The van der Waals surface area contributed by atoms with Gasteiger partial charge in [-0.3, -0.25) is 9.59 Å². The molecule has 116 valence electrons. The third kappa shape index (κ3) is 6.40. The Balaban J connectivity index is 5.00. The van der Waals surface area contributed by atoms with E-state index in [4.69, 9.17) is 10.8 Å². The summed E-state index contributed by atoms with van der Waals surface area (Å²) in [7, 11) is 0. The number of hydrogen-bond acceptors (Lipinski definition) is 3. The maximum absolute atomic E-state index is 12.4. The van der Waals surface area contributed by atoms with Gasteiger partial charge in [0, 0.05) is 12.6 Å².